The van der Waals surface area contributed by atoms with Crippen molar-refractivity contribution in [1.29, 1.82) is 0 Å². The van der Waals surface area contributed by atoms with Crippen molar-refractivity contribution < 1.29 is 4.79 Å². The molecule has 0 saturated heterocycles. The van der Waals surface area contributed by atoms with Crippen LogP contribution in [-0.4, -0.2) is 13.0 Å². The Kier molecular flexibility index (Phi) is 5.86. The second-order valence-corrected chi connectivity index (χ2v) is 4.81. The molecule has 0 aliphatic rings. The monoisotopic (exact) mass is 248 g/mol. The first-order chi connectivity index (χ1) is 8.58. The minimum atomic E-state index is 0.0698. The maximum atomic E-state index is 11.9. The molecule has 1 amide bonds. The molecule has 2 unspecified atom stereocenters. The molecular formula is C15H24N2O. The van der Waals surface area contributed by atoms with Crippen LogP contribution in [0, 0.1) is 5.92 Å². The lowest BCUT2D eigenvalue weighted by atomic mass is 10.0. The molecular weight excluding hydrogens is 224 g/mol. The van der Waals surface area contributed by atoms with E-state index in [1.54, 1.807) is 0 Å². The highest BCUT2D eigenvalue weighted by Gasteiger charge is 2.12. The molecule has 0 aliphatic carbocycles. The van der Waals surface area contributed by atoms with E-state index in [1.165, 1.54) is 5.56 Å². The van der Waals surface area contributed by atoms with Gasteiger partial charge in [0.2, 0.25) is 5.91 Å². The van der Waals surface area contributed by atoms with Gasteiger partial charge in [-0.05, 0) is 38.1 Å². The van der Waals surface area contributed by atoms with Crippen molar-refractivity contribution in [2.75, 3.05) is 12.4 Å². The molecule has 3 heteroatoms. The summed E-state index contributed by atoms with van der Waals surface area (Å²) in [7, 11) is 1.93. The predicted molar refractivity (Wildman–Crippen MR) is 76.6 cm³/mol. The van der Waals surface area contributed by atoms with Crippen molar-refractivity contribution in [1.82, 2.24) is 5.32 Å². The van der Waals surface area contributed by atoms with Crippen LogP contribution in [0.5, 0.6) is 0 Å². The molecule has 0 aromatic heterocycles. The Morgan fingerprint density at radius 3 is 2.67 bits per heavy atom. The molecule has 1 rings (SSSR count). The van der Waals surface area contributed by atoms with Gasteiger partial charge in [0, 0.05) is 17.6 Å². The molecule has 1 aromatic rings. The van der Waals surface area contributed by atoms with Gasteiger partial charge in [-0.1, -0.05) is 32.4 Å². The van der Waals surface area contributed by atoms with Crippen molar-refractivity contribution in [3.8, 4) is 0 Å². The number of benzene rings is 1. The van der Waals surface area contributed by atoms with Crippen molar-refractivity contribution in [2.45, 2.75) is 39.7 Å². The third kappa shape index (κ3) is 4.15. The standard InChI is InChI=1S/C15H24N2O/c1-5-7-11(2)15(18)17-14-9-6-8-13(10-14)12(3)16-4/h6,8-12,16H,5,7H2,1-4H3,(H,17,18). The van der Waals surface area contributed by atoms with Crippen molar-refractivity contribution in [2.24, 2.45) is 5.92 Å². The Labute approximate surface area is 110 Å². The summed E-state index contributed by atoms with van der Waals surface area (Å²) in [5, 5.41) is 6.17. The summed E-state index contributed by atoms with van der Waals surface area (Å²) in [6.45, 7) is 6.17. The van der Waals surface area contributed by atoms with E-state index < -0.39 is 0 Å². The van der Waals surface area contributed by atoms with Gasteiger partial charge in [-0.15, -0.1) is 0 Å². The van der Waals surface area contributed by atoms with Crippen molar-refractivity contribution in [3.63, 3.8) is 0 Å². The van der Waals surface area contributed by atoms with Crippen LogP contribution in [0.3, 0.4) is 0 Å². The van der Waals surface area contributed by atoms with Crippen LogP contribution in [0.4, 0.5) is 5.69 Å². The van der Waals surface area contributed by atoms with Gasteiger partial charge in [0.15, 0.2) is 0 Å². The Bertz CT molecular complexity index is 390. The summed E-state index contributed by atoms with van der Waals surface area (Å²) in [6, 6.07) is 8.28. The summed E-state index contributed by atoms with van der Waals surface area (Å²) < 4.78 is 0. The third-order valence-corrected chi connectivity index (χ3v) is 3.26. The van der Waals surface area contributed by atoms with Gasteiger partial charge in [-0.3, -0.25) is 4.79 Å². The molecule has 0 radical (unpaired) electrons. The predicted octanol–water partition coefficient (Wildman–Crippen LogP) is 3.34. The molecule has 0 aliphatic heterocycles. The molecule has 1 aromatic carbocycles. The average molecular weight is 248 g/mol. The lowest BCUT2D eigenvalue weighted by Crippen LogP contribution is -2.20. The van der Waals surface area contributed by atoms with Crippen molar-refractivity contribution >= 4 is 11.6 Å². The van der Waals surface area contributed by atoms with E-state index in [9.17, 15) is 4.79 Å². The number of hydrogen-bond acceptors (Lipinski definition) is 2. The topological polar surface area (TPSA) is 41.1 Å². The van der Waals surface area contributed by atoms with Gasteiger partial charge in [-0.25, -0.2) is 0 Å². The normalized spacial score (nSPS) is 14.0. The maximum Gasteiger partial charge on any atom is 0.227 e. The van der Waals surface area contributed by atoms with E-state index in [4.69, 9.17) is 0 Å². The first-order valence-corrected chi connectivity index (χ1v) is 6.66. The van der Waals surface area contributed by atoms with Gasteiger partial charge in [-0.2, -0.15) is 0 Å². The largest absolute Gasteiger partial charge is 0.326 e. The molecule has 2 N–H and O–H groups in total. The number of hydrogen-bond donors (Lipinski definition) is 2. The van der Waals surface area contributed by atoms with Crippen LogP contribution >= 0.6 is 0 Å². The Morgan fingerprint density at radius 1 is 1.33 bits per heavy atom. The second kappa shape index (κ2) is 7.17. The van der Waals surface area contributed by atoms with Gasteiger partial charge in [0.05, 0.1) is 0 Å². The molecule has 100 valence electrons. The fourth-order valence-corrected chi connectivity index (χ4v) is 1.88. The highest BCUT2D eigenvalue weighted by molar-refractivity contribution is 5.92. The molecule has 0 bridgehead atoms. The van der Waals surface area contributed by atoms with Gasteiger partial charge < -0.3 is 10.6 Å². The van der Waals surface area contributed by atoms with Crippen LogP contribution in [0.1, 0.15) is 45.2 Å². The van der Waals surface area contributed by atoms with Crippen molar-refractivity contribution in [3.05, 3.63) is 29.8 Å². The molecule has 2 atom stereocenters. The third-order valence-electron chi connectivity index (χ3n) is 3.26. The Balaban J connectivity index is 2.70. The molecule has 0 heterocycles. The molecule has 0 saturated carbocycles. The lowest BCUT2D eigenvalue weighted by molar-refractivity contribution is -0.119. The molecule has 3 nitrogen and oxygen atoms in total. The molecule has 0 fully saturated rings. The van der Waals surface area contributed by atoms with Gasteiger partial charge >= 0.3 is 0 Å². The fourth-order valence-electron chi connectivity index (χ4n) is 1.88. The van der Waals surface area contributed by atoms with E-state index >= 15 is 0 Å². The summed E-state index contributed by atoms with van der Waals surface area (Å²) >= 11 is 0. The maximum absolute atomic E-state index is 11.9. The zero-order valence-corrected chi connectivity index (χ0v) is 11.8. The number of amides is 1. The minimum Gasteiger partial charge on any atom is -0.326 e. The Morgan fingerprint density at radius 2 is 2.06 bits per heavy atom. The van der Waals surface area contributed by atoms with Gasteiger partial charge in [0.1, 0.15) is 0 Å². The minimum absolute atomic E-state index is 0.0698. The first kappa shape index (κ1) is 14.7. The summed E-state index contributed by atoms with van der Waals surface area (Å²) in [4.78, 5) is 11.9. The zero-order chi connectivity index (χ0) is 13.5. The van der Waals surface area contributed by atoms with Gasteiger partial charge in [0.25, 0.3) is 0 Å². The van der Waals surface area contributed by atoms with E-state index in [-0.39, 0.29) is 17.9 Å². The Hall–Kier alpha value is -1.35. The number of carbonyl (C=O) groups is 1. The molecule has 0 spiro atoms. The van der Waals surface area contributed by atoms with E-state index in [0.717, 1.165) is 18.5 Å². The van der Waals surface area contributed by atoms with Crippen LogP contribution in [0.25, 0.3) is 0 Å². The molecule has 18 heavy (non-hydrogen) atoms. The number of carbonyl (C=O) groups excluding carboxylic acids is 1. The second-order valence-electron chi connectivity index (χ2n) is 4.81. The van der Waals surface area contributed by atoms with Crippen LogP contribution in [0.2, 0.25) is 0 Å². The average Bonchev–Trinajstić information content (AvgIpc) is 2.38. The first-order valence-electron chi connectivity index (χ1n) is 6.66. The zero-order valence-electron chi connectivity index (χ0n) is 11.8. The van der Waals surface area contributed by atoms with E-state index in [2.05, 4.69) is 30.5 Å². The van der Waals surface area contributed by atoms with E-state index in [1.807, 2.05) is 32.2 Å². The van der Waals surface area contributed by atoms with Crippen LogP contribution in [-0.2, 0) is 4.79 Å². The van der Waals surface area contributed by atoms with Crippen LogP contribution in [0.15, 0.2) is 24.3 Å². The number of anilines is 1. The highest BCUT2D eigenvalue weighted by atomic mass is 16.1. The summed E-state index contributed by atoms with van der Waals surface area (Å²) in [6.07, 6.45) is 1.96. The van der Waals surface area contributed by atoms with E-state index in [0.29, 0.717) is 0 Å². The number of nitrogens with one attached hydrogen (secondary N) is 2. The quantitative estimate of drug-likeness (QED) is 0.810. The highest BCUT2D eigenvalue weighted by Crippen LogP contribution is 2.18. The summed E-state index contributed by atoms with van der Waals surface area (Å²) in [5.74, 6) is 0.173. The SMILES string of the molecule is CCCC(C)C(=O)Nc1cccc(C(C)NC)c1. The fraction of sp³-hybridized carbons (Fsp3) is 0.533. The summed E-state index contributed by atoms with van der Waals surface area (Å²) in [5.41, 5.74) is 2.06. The number of rotatable bonds is 6. The van der Waals surface area contributed by atoms with Crippen LogP contribution < -0.4 is 10.6 Å². The smallest absolute Gasteiger partial charge is 0.227 e. The lowest BCUT2D eigenvalue weighted by Gasteiger charge is -2.14.